The maximum atomic E-state index is 13.5. The standard InChI is InChI=1S/C25H18BrFN2O5/c1-30-22-7-14(6-18(26)24(22)31-11-13-3-2-4-15(27)5-13)23-16-8-20-21(33-12-32-20)9-19(16)34-25(29)17(23)10-28/h2-9,23H,11-12,29H2,1H3/t23-/m1/s1. The fraction of sp³-hybridized carbons (Fsp3) is 0.160. The number of rotatable bonds is 5. The van der Waals surface area contributed by atoms with Crippen LogP contribution < -0.4 is 29.4 Å². The van der Waals surface area contributed by atoms with Crippen molar-refractivity contribution in [2.24, 2.45) is 5.73 Å². The van der Waals surface area contributed by atoms with Crippen LogP contribution in [0.2, 0.25) is 0 Å². The summed E-state index contributed by atoms with van der Waals surface area (Å²) in [6.07, 6.45) is 0. The van der Waals surface area contributed by atoms with Gasteiger partial charge in [-0.3, -0.25) is 0 Å². The summed E-state index contributed by atoms with van der Waals surface area (Å²) in [5, 5.41) is 9.87. The molecule has 0 spiro atoms. The molecule has 3 aromatic rings. The van der Waals surface area contributed by atoms with Crippen LogP contribution in [0.5, 0.6) is 28.7 Å². The van der Waals surface area contributed by atoms with Gasteiger partial charge in [0.05, 0.1) is 17.5 Å². The van der Waals surface area contributed by atoms with Crippen molar-refractivity contribution in [3.8, 4) is 34.8 Å². The molecule has 2 heterocycles. The lowest BCUT2D eigenvalue weighted by Gasteiger charge is -2.27. The highest BCUT2D eigenvalue weighted by Crippen LogP contribution is 2.50. The molecule has 0 fully saturated rings. The Bertz CT molecular complexity index is 1370. The molecule has 2 aliphatic heterocycles. The number of halogens is 2. The SMILES string of the molecule is COc1cc([C@H]2C(C#N)=C(N)Oc3cc4c(cc32)OCO4)cc(Br)c1OCc1cccc(F)c1. The molecule has 5 rings (SSSR count). The smallest absolute Gasteiger partial charge is 0.231 e. The number of methoxy groups -OCH3 is 1. The Labute approximate surface area is 203 Å². The van der Waals surface area contributed by atoms with E-state index in [0.29, 0.717) is 44.3 Å². The number of allylic oxidation sites excluding steroid dienone is 1. The molecule has 0 saturated heterocycles. The number of nitrogens with zero attached hydrogens (tertiary/aromatic N) is 1. The Morgan fingerprint density at radius 1 is 1.15 bits per heavy atom. The minimum Gasteiger partial charge on any atom is -0.493 e. The van der Waals surface area contributed by atoms with Gasteiger partial charge in [0.1, 0.15) is 29.8 Å². The van der Waals surface area contributed by atoms with E-state index in [1.807, 2.05) is 6.07 Å². The molecule has 7 nitrogen and oxygen atoms in total. The van der Waals surface area contributed by atoms with Gasteiger partial charge in [-0.1, -0.05) is 12.1 Å². The van der Waals surface area contributed by atoms with Crippen LogP contribution in [-0.4, -0.2) is 13.9 Å². The first kappa shape index (κ1) is 21.9. The van der Waals surface area contributed by atoms with Crippen molar-refractivity contribution < 1.29 is 28.1 Å². The Morgan fingerprint density at radius 3 is 2.68 bits per heavy atom. The molecule has 2 aliphatic rings. The van der Waals surface area contributed by atoms with E-state index < -0.39 is 5.92 Å². The molecule has 1 atom stereocenters. The van der Waals surface area contributed by atoms with Crippen molar-refractivity contribution in [1.82, 2.24) is 0 Å². The molecule has 3 aromatic carbocycles. The number of benzene rings is 3. The van der Waals surface area contributed by atoms with Crippen LogP contribution in [0.3, 0.4) is 0 Å². The lowest BCUT2D eigenvalue weighted by Crippen LogP contribution is -2.21. The predicted octanol–water partition coefficient (Wildman–Crippen LogP) is 5.12. The molecule has 0 unspecified atom stereocenters. The van der Waals surface area contributed by atoms with E-state index in [1.165, 1.54) is 19.2 Å². The number of hydrogen-bond donors (Lipinski definition) is 1. The fourth-order valence-corrected chi connectivity index (χ4v) is 4.59. The summed E-state index contributed by atoms with van der Waals surface area (Å²) in [5.41, 5.74) is 8.47. The van der Waals surface area contributed by atoms with Gasteiger partial charge in [-0.15, -0.1) is 0 Å². The number of nitriles is 1. The van der Waals surface area contributed by atoms with Gasteiger partial charge in [0, 0.05) is 11.6 Å². The second kappa shape index (κ2) is 8.80. The quantitative estimate of drug-likeness (QED) is 0.494. The lowest BCUT2D eigenvalue weighted by atomic mass is 9.83. The van der Waals surface area contributed by atoms with E-state index >= 15 is 0 Å². The van der Waals surface area contributed by atoms with Gasteiger partial charge >= 0.3 is 0 Å². The third kappa shape index (κ3) is 3.86. The maximum absolute atomic E-state index is 13.5. The zero-order valence-electron chi connectivity index (χ0n) is 17.9. The first-order chi connectivity index (χ1) is 16.5. The Balaban J connectivity index is 1.56. The summed E-state index contributed by atoms with van der Waals surface area (Å²) in [6, 6.07) is 15.5. The molecule has 0 amide bonds. The molecule has 0 saturated carbocycles. The van der Waals surface area contributed by atoms with Crippen molar-refractivity contribution in [3.63, 3.8) is 0 Å². The summed E-state index contributed by atoms with van der Waals surface area (Å²) in [5.74, 6) is 1.61. The van der Waals surface area contributed by atoms with Crippen LogP contribution in [0.15, 0.2) is 64.5 Å². The number of fused-ring (bicyclic) bond motifs is 2. The van der Waals surface area contributed by atoms with Crippen LogP contribution in [-0.2, 0) is 6.61 Å². The van der Waals surface area contributed by atoms with Crippen molar-refractivity contribution in [2.45, 2.75) is 12.5 Å². The Morgan fingerprint density at radius 2 is 1.94 bits per heavy atom. The van der Waals surface area contributed by atoms with Crippen LogP contribution in [0.25, 0.3) is 0 Å². The first-order valence-corrected chi connectivity index (χ1v) is 11.0. The summed E-state index contributed by atoms with van der Waals surface area (Å²) >= 11 is 3.55. The van der Waals surface area contributed by atoms with Gasteiger partial charge < -0.3 is 29.4 Å². The van der Waals surface area contributed by atoms with Gasteiger partial charge in [-0.2, -0.15) is 5.26 Å². The largest absolute Gasteiger partial charge is 0.493 e. The monoisotopic (exact) mass is 524 g/mol. The molecule has 34 heavy (non-hydrogen) atoms. The second-order valence-electron chi connectivity index (χ2n) is 7.62. The highest BCUT2D eigenvalue weighted by Gasteiger charge is 2.34. The predicted molar refractivity (Wildman–Crippen MR) is 123 cm³/mol. The summed E-state index contributed by atoms with van der Waals surface area (Å²) < 4.78 is 42.4. The molecular weight excluding hydrogens is 507 g/mol. The van der Waals surface area contributed by atoms with E-state index in [0.717, 1.165) is 5.56 Å². The molecule has 0 aromatic heterocycles. The molecule has 0 aliphatic carbocycles. The normalized spacial score (nSPS) is 15.9. The third-order valence-electron chi connectivity index (χ3n) is 5.57. The first-order valence-electron chi connectivity index (χ1n) is 10.2. The van der Waals surface area contributed by atoms with Gasteiger partial charge in [0.15, 0.2) is 23.0 Å². The van der Waals surface area contributed by atoms with Crippen molar-refractivity contribution >= 4 is 15.9 Å². The van der Waals surface area contributed by atoms with Crippen LogP contribution in [0.1, 0.15) is 22.6 Å². The summed E-state index contributed by atoms with van der Waals surface area (Å²) in [6.45, 7) is 0.250. The van der Waals surface area contributed by atoms with E-state index in [2.05, 4.69) is 22.0 Å². The molecular formula is C25H18BrFN2O5. The van der Waals surface area contributed by atoms with E-state index in [-0.39, 0.29) is 30.7 Å². The summed E-state index contributed by atoms with van der Waals surface area (Å²) in [4.78, 5) is 0. The van der Waals surface area contributed by atoms with E-state index in [9.17, 15) is 9.65 Å². The molecule has 9 heteroatoms. The van der Waals surface area contributed by atoms with Crippen LogP contribution in [0, 0.1) is 17.1 Å². The van der Waals surface area contributed by atoms with Crippen molar-refractivity contribution in [2.75, 3.05) is 13.9 Å². The third-order valence-corrected chi connectivity index (χ3v) is 6.16. The van der Waals surface area contributed by atoms with Gasteiger partial charge in [0.25, 0.3) is 0 Å². The fourth-order valence-electron chi connectivity index (χ4n) is 4.02. The number of nitrogens with two attached hydrogens (primary N) is 1. The van der Waals surface area contributed by atoms with Crippen molar-refractivity contribution in [1.29, 1.82) is 5.26 Å². The second-order valence-corrected chi connectivity index (χ2v) is 8.48. The minimum atomic E-state index is -0.536. The number of hydrogen-bond acceptors (Lipinski definition) is 7. The van der Waals surface area contributed by atoms with E-state index in [4.69, 9.17) is 29.4 Å². The Kier molecular flexibility index (Phi) is 5.67. The van der Waals surface area contributed by atoms with Crippen LogP contribution in [0.4, 0.5) is 4.39 Å². The topological polar surface area (TPSA) is 96.0 Å². The molecule has 0 bridgehead atoms. The highest BCUT2D eigenvalue weighted by atomic mass is 79.9. The van der Waals surface area contributed by atoms with Crippen LogP contribution >= 0.6 is 15.9 Å². The zero-order chi connectivity index (χ0) is 23.8. The van der Waals surface area contributed by atoms with Gasteiger partial charge in [0.2, 0.25) is 12.7 Å². The minimum absolute atomic E-state index is 0.0142. The maximum Gasteiger partial charge on any atom is 0.231 e. The number of ether oxygens (including phenoxy) is 5. The van der Waals surface area contributed by atoms with Gasteiger partial charge in [-0.05, 0) is 57.4 Å². The van der Waals surface area contributed by atoms with Crippen molar-refractivity contribution in [3.05, 3.63) is 87.0 Å². The van der Waals surface area contributed by atoms with E-state index in [1.54, 1.807) is 30.3 Å². The molecule has 0 radical (unpaired) electrons. The molecule has 2 N–H and O–H groups in total. The lowest BCUT2D eigenvalue weighted by molar-refractivity contribution is 0.174. The highest BCUT2D eigenvalue weighted by molar-refractivity contribution is 9.10. The summed E-state index contributed by atoms with van der Waals surface area (Å²) in [7, 11) is 1.52. The van der Waals surface area contributed by atoms with Gasteiger partial charge in [-0.25, -0.2) is 4.39 Å². The average Bonchev–Trinajstić information content (AvgIpc) is 3.28. The zero-order valence-corrected chi connectivity index (χ0v) is 19.5. The Hall–Kier alpha value is -3.90. The molecule has 172 valence electrons. The average molecular weight is 525 g/mol.